The first-order valence-electron chi connectivity index (χ1n) is 10.8. The molecule has 1 saturated heterocycles. The standard InChI is InChI=1S/C22H26FN5O3S.ClH/c23-17-5-2-1-4-16(17)21(22(31)14-7-8-14)27-11-9-18(32)15(13-27)12-19-24-25-26-28(19)10-3-6-20(29)30;/h1-2,4-5,12,14,18,21,32H,3,6-11,13H2,(H,29,30);1H/b15-12+;. The average molecular weight is 496 g/mol. The molecule has 33 heavy (non-hydrogen) atoms. The molecule has 8 nitrogen and oxygen atoms in total. The van der Waals surface area contributed by atoms with Gasteiger partial charge in [-0.1, -0.05) is 18.2 Å². The first-order valence-corrected chi connectivity index (χ1v) is 11.3. The van der Waals surface area contributed by atoms with Crippen LogP contribution in [0.25, 0.3) is 6.08 Å². The Morgan fingerprint density at radius 3 is 2.73 bits per heavy atom. The van der Waals surface area contributed by atoms with Gasteiger partial charge in [-0.3, -0.25) is 14.5 Å². The van der Waals surface area contributed by atoms with Crippen LogP contribution in [0.1, 0.15) is 49.5 Å². The Kier molecular flexibility index (Phi) is 8.61. The number of hydrogen-bond acceptors (Lipinski definition) is 7. The van der Waals surface area contributed by atoms with Crippen LogP contribution in [0.4, 0.5) is 4.39 Å². The Balaban J connectivity index is 0.00000306. The van der Waals surface area contributed by atoms with Gasteiger partial charge in [0.25, 0.3) is 0 Å². The number of carbonyl (C=O) groups is 2. The van der Waals surface area contributed by atoms with Gasteiger partial charge >= 0.3 is 5.97 Å². The molecule has 4 rings (SSSR count). The SMILES string of the molecule is Cl.O=C(O)CCCn1nnnc1/C=C1\CN(C(C(=O)C2CC2)c2ccccc2F)CCC1S. The van der Waals surface area contributed by atoms with E-state index in [1.165, 1.54) is 6.07 Å². The van der Waals surface area contributed by atoms with Crippen LogP contribution in [0, 0.1) is 11.7 Å². The van der Waals surface area contributed by atoms with E-state index in [2.05, 4.69) is 15.5 Å². The van der Waals surface area contributed by atoms with E-state index in [1.807, 2.05) is 11.0 Å². The number of halogens is 2. The number of nitrogens with zero attached hydrogens (tertiary/aromatic N) is 5. The molecule has 0 spiro atoms. The largest absolute Gasteiger partial charge is 0.481 e. The van der Waals surface area contributed by atoms with Crippen molar-refractivity contribution in [3.63, 3.8) is 0 Å². The molecule has 2 aromatic rings. The summed E-state index contributed by atoms with van der Waals surface area (Å²) in [6.45, 7) is 1.47. The Bertz CT molecular complexity index is 1030. The number of Topliss-reactive ketones (excluding diaryl/α,β-unsaturated/α-hetero) is 1. The Hall–Kier alpha value is -2.30. The molecule has 0 amide bonds. The van der Waals surface area contributed by atoms with Crippen molar-refractivity contribution in [1.82, 2.24) is 25.1 Å². The molecule has 1 N–H and O–H groups in total. The summed E-state index contributed by atoms with van der Waals surface area (Å²) in [7, 11) is 0. The minimum Gasteiger partial charge on any atom is -0.481 e. The molecule has 178 valence electrons. The zero-order valence-corrected chi connectivity index (χ0v) is 19.7. The van der Waals surface area contributed by atoms with E-state index in [1.54, 1.807) is 22.9 Å². The molecule has 1 saturated carbocycles. The lowest BCUT2D eigenvalue weighted by Crippen LogP contribution is -2.42. The number of rotatable bonds is 9. The summed E-state index contributed by atoms with van der Waals surface area (Å²) in [5, 5.41) is 20.5. The smallest absolute Gasteiger partial charge is 0.303 e. The normalized spacial score (nSPS) is 20.9. The van der Waals surface area contributed by atoms with Crippen LogP contribution < -0.4 is 0 Å². The van der Waals surface area contributed by atoms with Crippen molar-refractivity contribution in [2.45, 2.75) is 49.9 Å². The highest BCUT2D eigenvalue weighted by Gasteiger charge is 2.40. The first-order chi connectivity index (χ1) is 15.4. The quantitative estimate of drug-likeness (QED) is 0.515. The third-order valence-electron chi connectivity index (χ3n) is 5.95. The number of carboxylic acid groups (broad SMARTS) is 1. The zero-order chi connectivity index (χ0) is 22.7. The zero-order valence-electron chi connectivity index (χ0n) is 18.0. The predicted molar refractivity (Wildman–Crippen MR) is 126 cm³/mol. The van der Waals surface area contributed by atoms with Gasteiger partial charge < -0.3 is 5.11 Å². The summed E-state index contributed by atoms with van der Waals surface area (Å²) in [6, 6.07) is 5.86. The monoisotopic (exact) mass is 495 g/mol. The van der Waals surface area contributed by atoms with Crippen LogP contribution in [0.15, 0.2) is 29.8 Å². The van der Waals surface area contributed by atoms with Crippen molar-refractivity contribution in [3.05, 3.63) is 47.0 Å². The highest BCUT2D eigenvalue weighted by atomic mass is 35.5. The van der Waals surface area contributed by atoms with E-state index in [4.69, 9.17) is 17.7 Å². The second-order valence-electron chi connectivity index (χ2n) is 8.35. The van der Waals surface area contributed by atoms with Gasteiger partial charge in [0.1, 0.15) is 5.82 Å². The first kappa shape index (κ1) is 25.3. The number of aromatic nitrogens is 4. The van der Waals surface area contributed by atoms with Gasteiger partial charge in [-0.25, -0.2) is 9.07 Å². The molecule has 2 heterocycles. The number of carboxylic acids is 1. The number of likely N-dealkylation sites (tertiary alicyclic amines) is 1. The molecule has 2 fully saturated rings. The van der Waals surface area contributed by atoms with Gasteiger partial charge in [0.2, 0.25) is 0 Å². The molecule has 1 aromatic carbocycles. The number of tetrazole rings is 1. The van der Waals surface area contributed by atoms with Crippen molar-refractivity contribution in [3.8, 4) is 0 Å². The molecular formula is C22H27ClFN5O3S. The lowest BCUT2D eigenvalue weighted by Gasteiger charge is -2.37. The second kappa shape index (κ2) is 11.2. The third kappa shape index (κ3) is 6.18. The fourth-order valence-electron chi connectivity index (χ4n) is 4.09. The van der Waals surface area contributed by atoms with E-state index in [-0.39, 0.29) is 41.6 Å². The van der Waals surface area contributed by atoms with Crippen molar-refractivity contribution in [2.24, 2.45) is 5.92 Å². The van der Waals surface area contributed by atoms with Crippen LogP contribution in [0.5, 0.6) is 0 Å². The summed E-state index contributed by atoms with van der Waals surface area (Å²) in [5.74, 6) is -0.640. The highest BCUT2D eigenvalue weighted by Crippen LogP contribution is 2.39. The van der Waals surface area contributed by atoms with Gasteiger partial charge in [-0.05, 0) is 53.8 Å². The summed E-state index contributed by atoms with van der Waals surface area (Å²) in [5.41, 5.74) is 1.36. The number of aliphatic carboxylic acids is 1. The fourth-order valence-corrected chi connectivity index (χ4v) is 4.36. The van der Waals surface area contributed by atoms with E-state index in [9.17, 15) is 14.0 Å². The number of aryl methyl sites for hydroxylation is 1. The van der Waals surface area contributed by atoms with Crippen molar-refractivity contribution >= 4 is 42.9 Å². The summed E-state index contributed by atoms with van der Waals surface area (Å²) < 4.78 is 16.2. The Morgan fingerprint density at radius 1 is 1.27 bits per heavy atom. The molecule has 2 atom stereocenters. The molecule has 0 bridgehead atoms. The number of thiol groups is 1. The summed E-state index contributed by atoms with van der Waals surface area (Å²) in [4.78, 5) is 26.0. The number of ketones is 1. The van der Waals surface area contributed by atoms with Gasteiger partial charge in [-0.2, -0.15) is 12.6 Å². The van der Waals surface area contributed by atoms with Crippen LogP contribution in [0.2, 0.25) is 0 Å². The molecule has 1 aliphatic carbocycles. The topological polar surface area (TPSA) is 101 Å². The van der Waals surface area contributed by atoms with E-state index in [0.29, 0.717) is 43.9 Å². The predicted octanol–water partition coefficient (Wildman–Crippen LogP) is 3.21. The summed E-state index contributed by atoms with van der Waals surface area (Å²) >= 11 is 4.71. The number of carbonyl (C=O) groups excluding carboxylic acids is 1. The minimum atomic E-state index is -0.865. The maximum absolute atomic E-state index is 14.7. The number of benzene rings is 1. The summed E-state index contributed by atoms with van der Waals surface area (Å²) in [6.07, 6.45) is 4.73. The average Bonchev–Trinajstić information content (AvgIpc) is 3.53. The van der Waals surface area contributed by atoms with Crippen LogP contribution >= 0.6 is 25.0 Å². The molecule has 1 aliphatic heterocycles. The maximum Gasteiger partial charge on any atom is 0.303 e. The van der Waals surface area contributed by atoms with E-state index >= 15 is 0 Å². The van der Waals surface area contributed by atoms with Gasteiger partial charge in [0, 0.05) is 42.8 Å². The van der Waals surface area contributed by atoms with Gasteiger partial charge in [0.05, 0.1) is 6.04 Å². The second-order valence-corrected chi connectivity index (χ2v) is 8.98. The minimum absolute atomic E-state index is 0. The number of piperidine rings is 1. The molecule has 2 unspecified atom stereocenters. The van der Waals surface area contributed by atoms with Gasteiger partial charge in [0.15, 0.2) is 11.6 Å². The number of hydrogen-bond donors (Lipinski definition) is 2. The van der Waals surface area contributed by atoms with Crippen LogP contribution in [0.3, 0.4) is 0 Å². The van der Waals surface area contributed by atoms with Crippen LogP contribution in [-0.2, 0) is 16.1 Å². The van der Waals surface area contributed by atoms with Gasteiger partial charge in [-0.15, -0.1) is 17.5 Å². The molecule has 11 heteroatoms. The Labute approximate surface area is 203 Å². The Morgan fingerprint density at radius 2 is 2.03 bits per heavy atom. The van der Waals surface area contributed by atoms with E-state index in [0.717, 1.165) is 18.4 Å². The van der Waals surface area contributed by atoms with Crippen LogP contribution in [-0.4, -0.2) is 60.3 Å². The lowest BCUT2D eigenvalue weighted by molar-refractivity contribution is -0.137. The molecule has 2 aliphatic rings. The van der Waals surface area contributed by atoms with Crippen molar-refractivity contribution in [1.29, 1.82) is 0 Å². The molecule has 1 aromatic heterocycles. The lowest BCUT2D eigenvalue weighted by atomic mass is 9.93. The van der Waals surface area contributed by atoms with Crippen molar-refractivity contribution < 1.29 is 19.1 Å². The van der Waals surface area contributed by atoms with Crippen molar-refractivity contribution in [2.75, 3.05) is 13.1 Å². The molecular weight excluding hydrogens is 469 g/mol. The third-order valence-corrected chi connectivity index (χ3v) is 6.54. The highest BCUT2D eigenvalue weighted by molar-refractivity contribution is 7.81. The van der Waals surface area contributed by atoms with E-state index < -0.39 is 12.0 Å². The maximum atomic E-state index is 14.7. The fraction of sp³-hybridized carbons (Fsp3) is 0.500. The molecule has 0 radical (unpaired) electrons.